The van der Waals surface area contributed by atoms with Crippen molar-refractivity contribution in [3.63, 3.8) is 0 Å². The lowest BCUT2D eigenvalue weighted by Gasteiger charge is -2.37. The molecule has 2 rings (SSSR count). The Morgan fingerprint density at radius 3 is 2.83 bits per heavy atom. The van der Waals surface area contributed by atoms with Gasteiger partial charge in [0.1, 0.15) is 0 Å². The normalized spacial score (nSPS) is 18.9. The number of rotatable bonds is 7. The van der Waals surface area contributed by atoms with E-state index in [1.165, 1.54) is 0 Å². The highest BCUT2D eigenvalue weighted by atomic mass is 32.1. The van der Waals surface area contributed by atoms with Crippen LogP contribution in [-0.2, 0) is 16.0 Å². The van der Waals surface area contributed by atoms with E-state index in [1.807, 2.05) is 0 Å². The number of piperazine rings is 1. The Morgan fingerprint density at radius 1 is 1.46 bits per heavy atom. The number of carbonyl (C=O) groups is 2. The third kappa shape index (κ3) is 5.01. The van der Waals surface area contributed by atoms with Crippen LogP contribution >= 0.6 is 11.3 Å². The second-order valence-corrected chi connectivity index (χ2v) is 7.71. The number of hydrogen-bond donors (Lipinski definition) is 2. The maximum absolute atomic E-state index is 12.2. The molecule has 6 nitrogen and oxygen atoms in total. The van der Waals surface area contributed by atoms with E-state index in [0.29, 0.717) is 19.0 Å². The SMILES string of the molecule is CC(C)c1csc(CCNC(=O)C[C@H]2C(=O)NCCN2C(C)C)n1. The van der Waals surface area contributed by atoms with Gasteiger partial charge in [0.2, 0.25) is 11.8 Å². The quantitative estimate of drug-likeness (QED) is 0.780. The third-order valence-electron chi connectivity index (χ3n) is 4.24. The fourth-order valence-corrected chi connectivity index (χ4v) is 3.78. The minimum Gasteiger partial charge on any atom is -0.356 e. The van der Waals surface area contributed by atoms with Gasteiger partial charge in [-0.15, -0.1) is 11.3 Å². The van der Waals surface area contributed by atoms with Crippen LogP contribution in [0.3, 0.4) is 0 Å². The highest BCUT2D eigenvalue weighted by Gasteiger charge is 2.32. The van der Waals surface area contributed by atoms with Gasteiger partial charge in [0.05, 0.1) is 23.2 Å². The Kier molecular flexibility index (Phi) is 6.74. The number of thiazole rings is 1. The van der Waals surface area contributed by atoms with Crippen LogP contribution in [0.2, 0.25) is 0 Å². The van der Waals surface area contributed by atoms with E-state index in [4.69, 9.17) is 0 Å². The summed E-state index contributed by atoms with van der Waals surface area (Å²) in [4.78, 5) is 30.9. The molecule has 134 valence electrons. The molecular weight excluding hydrogens is 324 g/mol. The van der Waals surface area contributed by atoms with Crippen molar-refractivity contribution in [3.8, 4) is 0 Å². The number of aromatic nitrogens is 1. The average molecular weight is 353 g/mol. The highest BCUT2D eigenvalue weighted by Crippen LogP contribution is 2.18. The lowest BCUT2D eigenvalue weighted by molar-refractivity contribution is -0.134. The molecule has 0 aromatic carbocycles. The van der Waals surface area contributed by atoms with Crippen molar-refractivity contribution in [2.24, 2.45) is 0 Å². The van der Waals surface area contributed by atoms with Gasteiger partial charge < -0.3 is 10.6 Å². The largest absolute Gasteiger partial charge is 0.356 e. The van der Waals surface area contributed by atoms with Gasteiger partial charge in [-0.3, -0.25) is 14.5 Å². The van der Waals surface area contributed by atoms with Crippen LogP contribution in [0.25, 0.3) is 0 Å². The van der Waals surface area contributed by atoms with Crippen LogP contribution in [0.1, 0.15) is 50.7 Å². The number of carbonyl (C=O) groups excluding carboxylic acids is 2. The summed E-state index contributed by atoms with van der Waals surface area (Å²) in [6.45, 7) is 10.3. The van der Waals surface area contributed by atoms with Crippen molar-refractivity contribution in [1.82, 2.24) is 20.5 Å². The number of amides is 2. The molecule has 24 heavy (non-hydrogen) atoms. The molecule has 1 saturated heterocycles. The molecule has 2 amide bonds. The lowest BCUT2D eigenvalue weighted by atomic mass is 10.1. The Labute approximate surface area is 148 Å². The maximum Gasteiger partial charge on any atom is 0.237 e. The molecule has 2 heterocycles. The molecule has 1 aliphatic rings. The van der Waals surface area contributed by atoms with E-state index in [-0.39, 0.29) is 30.3 Å². The summed E-state index contributed by atoms with van der Waals surface area (Å²) < 4.78 is 0. The van der Waals surface area contributed by atoms with Crippen molar-refractivity contribution in [1.29, 1.82) is 0 Å². The van der Waals surface area contributed by atoms with E-state index in [0.717, 1.165) is 23.7 Å². The molecule has 1 aliphatic heterocycles. The molecule has 1 atom stereocenters. The zero-order chi connectivity index (χ0) is 17.7. The minimum absolute atomic E-state index is 0.0494. The molecule has 7 heteroatoms. The molecule has 0 spiro atoms. The fourth-order valence-electron chi connectivity index (χ4n) is 2.82. The molecule has 0 saturated carbocycles. The summed E-state index contributed by atoms with van der Waals surface area (Å²) in [6, 6.07) is -0.121. The number of nitrogens with zero attached hydrogens (tertiary/aromatic N) is 2. The zero-order valence-corrected chi connectivity index (χ0v) is 15.8. The third-order valence-corrected chi connectivity index (χ3v) is 5.16. The smallest absolute Gasteiger partial charge is 0.237 e. The zero-order valence-electron chi connectivity index (χ0n) is 15.0. The first kappa shape index (κ1) is 18.9. The van der Waals surface area contributed by atoms with Crippen molar-refractivity contribution in [3.05, 3.63) is 16.1 Å². The van der Waals surface area contributed by atoms with E-state index in [1.54, 1.807) is 11.3 Å². The second-order valence-electron chi connectivity index (χ2n) is 6.76. The summed E-state index contributed by atoms with van der Waals surface area (Å²) in [5.41, 5.74) is 1.10. The summed E-state index contributed by atoms with van der Waals surface area (Å²) in [5.74, 6) is 0.298. The number of hydrogen-bond acceptors (Lipinski definition) is 5. The Morgan fingerprint density at radius 2 is 2.21 bits per heavy atom. The minimum atomic E-state index is -0.369. The van der Waals surface area contributed by atoms with Crippen molar-refractivity contribution in [2.45, 2.75) is 58.5 Å². The summed E-state index contributed by atoms with van der Waals surface area (Å²) in [7, 11) is 0. The standard InChI is InChI=1S/C17H28N4O2S/c1-11(2)13-10-24-16(20-13)5-6-18-15(22)9-14-17(23)19-7-8-21(14)12(3)4/h10-12,14H,5-9H2,1-4H3,(H,18,22)(H,19,23)/t14-/m0/s1. The molecule has 0 bridgehead atoms. The van der Waals surface area contributed by atoms with Gasteiger partial charge in [0.15, 0.2) is 0 Å². The first-order valence-electron chi connectivity index (χ1n) is 8.63. The van der Waals surface area contributed by atoms with Crippen LogP contribution in [0.15, 0.2) is 5.38 Å². The average Bonchev–Trinajstić information content (AvgIpc) is 2.98. The maximum atomic E-state index is 12.2. The molecular formula is C17H28N4O2S. The Hall–Kier alpha value is -1.47. The van der Waals surface area contributed by atoms with Gasteiger partial charge in [-0.2, -0.15) is 0 Å². The molecule has 2 N–H and O–H groups in total. The lowest BCUT2D eigenvalue weighted by Crippen LogP contribution is -2.58. The van der Waals surface area contributed by atoms with Gasteiger partial charge in [-0.05, 0) is 19.8 Å². The number of nitrogens with one attached hydrogen (secondary N) is 2. The molecule has 0 aliphatic carbocycles. The molecule has 0 unspecified atom stereocenters. The predicted molar refractivity (Wildman–Crippen MR) is 96.2 cm³/mol. The van der Waals surface area contributed by atoms with Crippen LogP contribution < -0.4 is 10.6 Å². The summed E-state index contributed by atoms with van der Waals surface area (Å²) >= 11 is 1.64. The fraction of sp³-hybridized carbons (Fsp3) is 0.706. The molecule has 0 radical (unpaired) electrons. The van der Waals surface area contributed by atoms with Gasteiger partial charge in [0, 0.05) is 37.5 Å². The summed E-state index contributed by atoms with van der Waals surface area (Å²) in [6.07, 6.45) is 0.938. The Balaban J connectivity index is 1.80. The van der Waals surface area contributed by atoms with Gasteiger partial charge >= 0.3 is 0 Å². The van der Waals surface area contributed by atoms with Crippen molar-refractivity contribution in [2.75, 3.05) is 19.6 Å². The molecule has 1 aromatic heterocycles. The molecule has 1 aromatic rings. The topological polar surface area (TPSA) is 74.3 Å². The summed E-state index contributed by atoms with van der Waals surface area (Å²) in [5, 5.41) is 8.88. The predicted octanol–water partition coefficient (Wildman–Crippen LogP) is 1.52. The van der Waals surface area contributed by atoms with Gasteiger partial charge in [-0.1, -0.05) is 13.8 Å². The van der Waals surface area contributed by atoms with Crippen LogP contribution in [0.4, 0.5) is 0 Å². The first-order valence-corrected chi connectivity index (χ1v) is 9.51. The van der Waals surface area contributed by atoms with Gasteiger partial charge in [-0.25, -0.2) is 4.98 Å². The van der Waals surface area contributed by atoms with E-state index in [2.05, 4.69) is 53.6 Å². The van der Waals surface area contributed by atoms with Gasteiger partial charge in [0.25, 0.3) is 0 Å². The van der Waals surface area contributed by atoms with Crippen molar-refractivity contribution >= 4 is 23.2 Å². The van der Waals surface area contributed by atoms with E-state index < -0.39 is 0 Å². The first-order chi connectivity index (χ1) is 11.4. The Bertz CT molecular complexity index is 571. The van der Waals surface area contributed by atoms with Crippen LogP contribution in [-0.4, -0.2) is 53.4 Å². The highest BCUT2D eigenvalue weighted by molar-refractivity contribution is 7.09. The van der Waals surface area contributed by atoms with E-state index in [9.17, 15) is 9.59 Å². The second kappa shape index (κ2) is 8.58. The van der Waals surface area contributed by atoms with Crippen LogP contribution in [0, 0.1) is 0 Å². The van der Waals surface area contributed by atoms with Crippen molar-refractivity contribution < 1.29 is 9.59 Å². The van der Waals surface area contributed by atoms with Crippen LogP contribution in [0.5, 0.6) is 0 Å². The van der Waals surface area contributed by atoms with E-state index >= 15 is 0 Å². The molecule has 1 fully saturated rings. The monoisotopic (exact) mass is 352 g/mol.